The average molecular weight is 244 g/mol. The van der Waals surface area contributed by atoms with Gasteiger partial charge in [-0.15, -0.1) is 0 Å². The second kappa shape index (κ2) is 3.42. The smallest absolute Gasteiger partial charge is 0.190 e. The maximum Gasteiger partial charge on any atom is 0.190 e. The van der Waals surface area contributed by atoms with Crippen LogP contribution in [0.15, 0.2) is 0 Å². The fourth-order valence-electron chi connectivity index (χ4n) is 2.85. The number of rotatable bonds is 1. The van der Waals surface area contributed by atoms with Crippen LogP contribution in [0.5, 0.6) is 0 Å². The largest absolute Gasteiger partial charge is 0.387 e. The van der Waals surface area contributed by atoms with Gasteiger partial charge < -0.3 is 24.1 Å². The Balaban J connectivity index is 1.72. The Bertz CT molecular complexity index is 327. The Morgan fingerprint density at radius 3 is 2.24 bits per heavy atom. The molecule has 5 nitrogen and oxygen atoms in total. The zero-order valence-corrected chi connectivity index (χ0v) is 10.7. The molecule has 3 rings (SSSR count). The Morgan fingerprint density at radius 2 is 1.76 bits per heavy atom. The molecule has 3 aliphatic rings. The van der Waals surface area contributed by atoms with E-state index in [1.165, 1.54) is 0 Å². The van der Waals surface area contributed by atoms with E-state index in [-0.39, 0.29) is 23.7 Å². The summed E-state index contributed by atoms with van der Waals surface area (Å²) in [6.45, 7) is 8.30. The van der Waals surface area contributed by atoms with Crippen LogP contribution in [0.4, 0.5) is 0 Å². The van der Waals surface area contributed by atoms with Crippen LogP contribution >= 0.6 is 0 Å². The van der Waals surface area contributed by atoms with Crippen LogP contribution in [0.25, 0.3) is 0 Å². The number of aliphatic hydroxyl groups is 1. The molecule has 3 saturated heterocycles. The Kier molecular flexibility index (Phi) is 2.39. The van der Waals surface area contributed by atoms with E-state index in [4.69, 9.17) is 18.9 Å². The summed E-state index contributed by atoms with van der Waals surface area (Å²) in [6.07, 6.45) is -1.74. The molecular formula is C12H20O5. The molecule has 0 radical (unpaired) electrons. The topological polar surface area (TPSA) is 57.2 Å². The highest BCUT2D eigenvalue weighted by atomic mass is 16.8. The summed E-state index contributed by atoms with van der Waals surface area (Å²) in [5.41, 5.74) is -0.236. The minimum atomic E-state index is -0.674. The van der Waals surface area contributed by atoms with Gasteiger partial charge >= 0.3 is 0 Å². The third-order valence-corrected chi connectivity index (χ3v) is 3.98. The van der Waals surface area contributed by atoms with Crippen molar-refractivity contribution in [3.63, 3.8) is 0 Å². The Labute approximate surface area is 101 Å². The zero-order chi connectivity index (χ0) is 12.4. The first-order valence-electron chi connectivity index (χ1n) is 6.13. The quantitative estimate of drug-likeness (QED) is 0.734. The van der Waals surface area contributed by atoms with Crippen LogP contribution in [0.1, 0.15) is 27.7 Å². The predicted molar refractivity (Wildman–Crippen MR) is 58.2 cm³/mol. The van der Waals surface area contributed by atoms with E-state index in [0.29, 0.717) is 6.61 Å². The minimum Gasteiger partial charge on any atom is -0.387 e. The van der Waals surface area contributed by atoms with Crippen LogP contribution in [-0.2, 0) is 18.9 Å². The molecule has 0 bridgehead atoms. The van der Waals surface area contributed by atoms with Crippen molar-refractivity contribution in [2.24, 2.45) is 5.92 Å². The van der Waals surface area contributed by atoms with Crippen molar-refractivity contribution in [1.29, 1.82) is 0 Å². The fourth-order valence-corrected chi connectivity index (χ4v) is 2.85. The number of aliphatic hydroxyl groups excluding tert-OH is 1. The molecule has 3 aliphatic heterocycles. The van der Waals surface area contributed by atoms with E-state index in [1.807, 2.05) is 27.7 Å². The minimum absolute atomic E-state index is 0.193. The molecule has 98 valence electrons. The second-order valence-electron chi connectivity index (χ2n) is 6.08. The first kappa shape index (κ1) is 11.9. The van der Waals surface area contributed by atoms with E-state index in [0.717, 1.165) is 0 Å². The third kappa shape index (κ3) is 1.72. The molecular weight excluding hydrogens is 224 g/mol. The molecule has 0 aromatic carbocycles. The maximum absolute atomic E-state index is 10.3. The van der Waals surface area contributed by atoms with Gasteiger partial charge in [0.1, 0.15) is 12.2 Å². The van der Waals surface area contributed by atoms with Gasteiger partial charge in [-0.1, -0.05) is 0 Å². The molecule has 1 N–H and O–H groups in total. The van der Waals surface area contributed by atoms with Crippen LogP contribution in [0, 0.1) is 5.92 Å². The highest BCUT2D eigenvalue weighted by Crippen LogP contribution is 2.45. The first-order valence-corrected chi connectivity index (χ1v) is 6.13. The van der Waals surface area contributed by atoms with Crippen molar-refractivity contribution in [1.82, 2.24) is 0 Å². The van der Waals surface area contributed by atoms with Gasteiger partial charge in [0.2, 0.25) is 0 Å². The van der Waals surface area contributed by atoms with E-state index in [1.54, 1.807) is 0 Å². The molecule has 5 heteroatoms. The van der Waals surface area contributed by atoms with E-state index in [2.05, 4.69) is 0 Å². The molecule has 0 amide bonds. The highest BCUT2D eigenvalue weighted by Gasteiger charge is 2.60. The van der Waals surface area contributed by atoms with Crippen molar-refractivity contribution >= 4 is 0 Å². The van der Waals surface area contributed by atoms with Crippen molar-refractivity contribution in [3.05, 3.63) is 0 Å². The van der Waals surface area contributed by atoms with Crippen LogP contribution < -0.4 is 0 Å². The third-order valence-electron chi connectivity index (χ3n) is 3.98. The summed E-state index contributed by atoms with van der Waals surface area (Å²) in [5, 5.41) is 10.3. The Morgan fingerprint density at radius 1 is 1.06 bits per heavy atom. The first-order chi connectivity index (χ1) is 7.80. The van der Waals surface area contributed by atoms with Gasteiger partial charge in [-0.3, -0.25) is 0 Å². The summed E-state index contributed by atoms with van der Waals surface area (Å²) < 4.78 is 22.6. The van der Waals surface area contributed by atoms with Crippen LogP contribution in [-0.4, -0.2) is 47.7 Å². The van der Waals surface area contributed by atoms with Gasteiger partial charge in [0.15, 0.2) is 12.1 Å². The average Bonchev–Trinajstić information content (AvgIpc) is 2.62. The van der Waals surface area contributed by atoms with E-state index >= 15 is 0 Å². The zero-order valence-electron chi connectivity index (χ0n) is 10.7. The molecule has 17 heavy (non-hydrogen) atoms. The molecule has 3 heterocycles. The summed E-state index contributed by atoms with van der Waals surface area (Å²) in [7, 11) is 0. The van der Waals surface area contributed by atoms with Gasteiger partial charge in [0.25, 0.3) is 0 Å². The van der Waals surface area contributed by atoms with Crippen molar-refractivity contribution in [3.8, 4) is 0 Å². The SMILES string of the molecule is CC1(C)OC2OC(C3COC3(C)C)C(O)C2O1. The molecule has 0 aromatic rings. The maximum atomic E-state index is 10.3. The fraction of sp³-hybridized carbons (Fsp3) is 1.00. The van der Waals surface area contributed by atoms with Crippen LogP contribution in [0.2, 0.25) is 0 Å². The monoisotopic (exact) mass is 244 g/mol. The summed E-state index contributed by atoms with van der Waals surface area (Å²) >= 11 is 0. The summed E-state index contributed by atoms with van der Waals surface area (Å²) in [6, 6.07) is 0. The van der Waals surface area contributed by atoms with E-state index < -0.39 is 18.2 Å². The molecule has 0 spiro atoms. The molecule has 5 atom stereocenters. The van der Waals surface area contributed by atoms with Crippen LogP contribution in [0.3, 0.4) is 0 Å². The highest BCUT2D eigenvalue weighted by molar-refractivity contribution is 5.02. The predicted octanol–water partition coefficient (Wildman–Crippen LogP) is 0.649. The number of fused-ring (bicyclic) bond motifs is 1. The summed E-state index contributed by atoms with van der Waals surface area (Å²) in [5.74, 6) is -0.481. The molecule has 5 unspecified atom stereocenters. The van der Waals surface area contributed by atoms with Crippen molar-refractivity contribution < 1.29 is 24.1 Å². The van der Waals surface area contributed by atoms with Gasteiger partial charge in [0.05, 0.1) is 18.3 Å². The van der Waals surface area contributed by atoms with Gasteiger partial charge in [0, 0.05) is 5.92 Å². The molecule has 0 aliphatic carbocycles. The van der Waals surface area contributed by atoms with Gasteiger partial charge in [-0.25, -0.2) is 0 Å². The molecule has 0 saturated carbocycles. The van der Waals surface area contributed by atoms with Gasteiger partial charge in [-0.2, -0.15) is 0 Å². The standard InChI is InChI=1S/C12H20O5/c1-11(2)6(5-14-11)8-7(13)9-10(15-8)17-12(3,4)16-9/h6-10,13H,5H2,1-4H3. The van der Waals surface area contributed by atoms with Gasteiger partial charge in [-0.05, 0) is 27.7 Å². The lowest BCUT2D eigenvalue weighted by Crippen LogP contribution is -2.57. The van der Waals surface area contributed by atoms with Crippen molar-refractivity contribution in [2.45, 2.75) is 63.7 Å². The Hall–Kier alpha value is -0.200. The van der Waals surface area contributed by atoms with Crippen molar-refractivity contribution in [2.75, 3.05) is 6.61 Å². The summed E-state index contributed by atoms with van der Waals surface area (Å²) in [4.78, 5) is 0. The number of hydrogen-bond donors (Lipinski definition) is 1. The van der Waals surface area contributed by atoms with E-state index in [9.17, 15) is 5.11 Å². The second-order valence-corrected chi connectivity index (χ2v) is 6.08. The number of hydrogen-bond acceptors (Lipinski definition) is 5. The normalized spacial score (nSPS) is 51.0. The molecule has 3 fully saturated rings. The lowest BCUT2D eigenvalue weighted by Gasteiger charge is -2.47. The molecule has 0 aromatic heterocycles. The lowest BCUT2D eigenvalue weighted by molar-refractivity contribution is -0.267. The number of ether oxygens (including phenoxy) is 4. The lowest BCUT2D eigenvalue weighted by atomic mass is 9.79.